The van der Waals surface area contributed by atoms with Crippen molar-refractivity contribution in [3.63, 3.8) is 0 Å². The Labute approximate surface area is 95.1 Å². The maximum atomic E-state index is 13.1. The average molecular weight is 221 g/mol. The third kappa shape index (κ3) is 2.08. The quantitative estimate of drug-likeness (QED) is 0.713. The van der Waals surface area contributed by atoms with Gasteiger partial charge in [-0.2, -0.15) is 0 Å². The van der Waals surface area contributed by atoms with Crippen molar-refractivity contribution in [1.82, 2.24) is 4.90 Å². The summed E-state index contributed by atoms with van der Waals surface area (Å²) in [4.78, 5) is 13.9. The molecule has 1 heterocycles. The number of amides is 1. The average Bonchev–Trinajstić information content (AvgIpc) is 2.68. The molecule has 1 aromatic carbocycles. The first-order valence-electron chi connectivity index (χ1n) is 5.63. The van der Waals surface area contributed by atoms with Crippen LogP contribution in [0.25, 0.3) is 0 Å². The third-order valence-corrected chi connectivity index (χ3v) is 3.12. The van der Waals surface area contributed by atoms with E-state index in [4.69, 9.17) is 0 Å². The first-order chi connectivity index (χ1) is 7.58. The van der Waals surface area contributed by atoms with Crippen molar-refractivity contribution in [3.8, 4) is 0 Å². The number of halogens is 1. The Hall–Kier alpha value is -1.38. The fourth-order valence-electron chi connectivity index (χ4n) is 2.08. The lowest BCUT2D eigenvalue weighted by atomic mass is 10.1. The van der Waals surface area contributed by atoms with E-state index in [0.29, 0.717) is 17.0 Å². The molecule has 1 fully saturated rings. The Bertz CT molecular complexity index is 416. The fourth-order valence-corrected chi connectivity index (χ4v) is 2.08. The third-order valence-electron chi connectivity index (χ3n) is 3.12. The molecule has 1 atom stereocenters. The van der Waals surface area contributed by atoms with Gasteiger partial charge in [0.05, 0.1) is 0 Å². The highest BCUT2D eigenvalue weighted by Gasteiger charge is 2.24. The van der Waals surface area contributed by atoms with E-state index in [1.807, 2.05) is 4.90 Å². The second kappa shape index (κ2) is 4.24. The van der Waals surface area contributed by atoms with E-state index in [0.717, 1.165) is 19.5 Å². The summed E-state index contributed by atoms with van der Waals surface area (Å²) in [5, 5.41) is 0. The molecule has 0 N–H and O–H groups in total. The molecule has 2 rings (SSSR count). The van der Waals surface area contributed by atoms with Crippen LogP contribution in [0, 0.1) is 18.7 Å². The van der Waals surface area contributed by atoms with Crippen molar-refractivity contribution in [3.05, 3.63) is 35.1 Å². The van der Waals surface area contributed by atoms with E-state index in [-0.39, 0.29) is 11.7 Å². The van der Waals surface area contributed by atoms with Crippen LogP contribution in [-0.2, 0) is 0 Å². The van der Waals surface area contributed by atoms with Gasteiger partial charge >= 0.3 is 0 Å². The molecule has 1 aliphatic heterocycles. The van der Waals surface area contributed by atoms with Crippen LogP contribution in [-0.4, -0.2) is 23.9 Å². The van der Waals surface area contributed by atoms with Crippen molar-refractivity contribution in [2.75, 3.05) is 13.1 Å². The molecule has 0 unspecified atom stereocenters. The Balaban J connectivity index is 2.18. The van der Waals surface area contributed by atoms with Crippen LogP contribution < -0.4 is 0 Å². The number of hydrogen-bond donors (Lipinski definition) is 0. The van der Waals surface area contributed by atoms with Gasteiger partial charge in [-0.15, -0.1) is 0 Å². The van der Waals surface area contributed by atoms with Gasteiger partial charge in [0.2, 0.25) is 0 Å². The zero-order valence-electron chi connectivity index (χ0n) is 9.66. The van der Waals surface area contributed by atoms with Crippen LogP contribution in [0.5, 0.6) is 0 Å². The lowest BCUT2D eigenvalue weighted by molar-refractivity contribution is 0.0788. The van der Waals surface area contributed by atoms with Crippen LogP contribution in [0.1, 0.15) is 29.3 Å². The number of aryl methyl sites for hydroxylation is 1. The van der Waals surface area contributed by atoms with Crippen LogP contribution in [0.2, 0.25) is 0 Å². The number of carbonyl (C=O) groups excluding carboxylic acids is 1. The van der Waals surface area contributed by atoms with Gasteiger partial charge in [0.25, 0.3) is 5.91 Å². The minimum absolute atomic E-state index is 0.0208. The van der Waals surface area contributed by atoms with Crippen molar-refractivity contribution in [1.29, 1.82) is 0 Å². The van der Waals surface area contributed by atoms with Crippen LogP contribution in [0.4, 0.5) is 4.39 Å². The zero-order chi connectivity index (χ0) is 11.7. The van der Waals surface area contributed by atoms with E-state index >= 15 is 0 Å². The summed E-state index contributed by atoms with van der Waals surface area (Å²) in [5.41, 5.74) is 1.12. The summed E-state index contributed by atoms with van der Waals surface area (Å²) in [6.45, 7) is 5.45. The van der Waals surface area contributed by atoms with Crippen LogP contribution >= 0.6 is 0 Å². The molecule has 1 amide bonds. The number of hydrogen-bond acceptors (Lipinski definition) is 1. The first kappa shape index (κ1) is 11.1. The van der Waals surface area contributed by atoms with E-state index in [1.165, 1.54) is 6.07 Å². The highest BCUT2D eigenvalue weighted by atomic mass is 19.1. The van der Waals surface area contributed by atoms with E-state index < -0.39 is 0 Å². The maximum absolute atomic E-state index is 13.1. The molecule has 1 aromatic rings. The highest BCUT2D eigenvalue weighted by Crippen LogP contribution is 2.19. The summed E-state index contributed by atoms with van der Waals surface area (Å²) in [6, 6.07) is 4.55. The molecule has 0 aromatic heterocycles. The molecule has 0 saturated carbocycles. The van der Waals surface area contributed by atoms with Gasteiger partial charge in [-0.25, -0.2) is 4.39 Å². The summed E-state index contributed by atoms with van der Waals surface area (Å²) >= 11 is 0. The molecular weight excluding hydrogens is 205 g/mol. The maximum Gasteiger partial charge on any atom is 0.253 e. The van der Waals surface area contributed by atoms with E-state index in [9.17, 15) is 9.18 Å². The monoisotopic (exact) mass is 221 g/mol. The molecule has 0 bridgehead atoms. The van der Waals surface area contributed by atoms with E-state index in [1.54, 1.807) is 19.1 Å². The normalized spacial score (nSPS) is 20.2. The summed E-state index contributed by atoms with van der Waals surface area (Å²) < 4.78 is 13.1. The predicted octanol–water partition coefficient (Wildman–Crippen LogP) is 2.62. The minimum Gasteiger partial charge on any atom is -0.338 e. The minimum atomic E-state index is -0.258. The van der Waals surface area contributed by atoms with Crippen LogP contribution in [0.15, 0.2) is 18.2 Å². The summed E-state index contributed by atoms with van der Waals surface area (Å²) in [5.74, 6) is 0.337. The van der Waals surface area contributed by atoms with Crippen molar-refractivity contribution in [2.45, 2.75) is 20.3 Å². The molecule has 0 aliphatic carbocycles. The van der Waals surface area contributed by atoms with Gasteiger partial charge in [0, 0.05) is 18.7 Å². The molecule has 1 saturated heterocycles. The lowest BCUT2D eigenvalue weighted by Gasteiger charge is -2.16. The Morgan fingerprint density at radius 3 is 2.81 bits per heavy atom. The number of carbonyl (C=O) groups is 1. The standard InChI is InChI=1S/C13H16FNO/c1-9-5-6-15(8-9)13(16)11-3-4-12(14)10(2)7-11/h3-4,7,9H,5-6,8H2,1-2H3/t9-/m0/s1. The van der Waals surface area contributed by atoms with Crippen molar-refractivity contribution >= 4 is 5.91 Å². The number of benzene rings is 1. The fraction of sp³-hybridized carbons (Fsp3) is 0.462. The topological polar surface area (TPSA) is 20.3 Å². The Morgan fingerprint density at radius 1 is 1.50 bits per heavy atom. The van der Waals surface area contributed by atoms with Crippen molar-refractivity contribution in [2.24, 2.45) is 5.92 Å². The Kier molecular flexibility index (Phi) is 2.95. The number of rotatable bonds is 1. The molecule has 2 nitrogen and oxygen atoms in total. The van der Waals surface area contributed by atoms with Crippen LogP contribution in [0.3, 0.4) is 0 Å². The smallest absolute Gasteiger partial charge is 0.253 e. The predicted molar refractivity (Wildman–Crippen MR) is 60.8 cm³/mol. The van der Waals surface area contributed by atoms with Gasteiger partial charge in [-0.3, -0.25) is 4.79 Å². The van der Waals surface area contributed by atoms with E-state index in [2.05, 4.69) is 6.92 Å². The molecule has 1 aliphatic rings. The molecule has 86 valence electrons. The molecular formula is C13H16FNO. The summed E-state index contributed by atoms with van der Waals surface area (Å²) in [7, 11) is 0. The second-order valence-electron chi connectivity index (χ2n) is 4.61. The van der Waals surface area contributed by atoms with Gasteiger partial charge < -0.3 is 4.90 Å². The zero-order valence-corrected chi connectivity index (χ0v) is 9.66. The molecule has 3 heteroatoms. The number of likely N-dealkylation sites (tertiary alicyclic amines) is 1. The van der Waals surface area contributed by atoms with Crippen molar-refractivity contribution < 1.29 is 9.18 Å². The SMILES string of the molecule is Cc1cc(C(=O)N2CC[C@H](C)C2)ccc1F. The summed E-state index contributed by atoms with van der Waals surface area (Å²) in [6.07, 6.45) is 1.06. The Morgan fingerprint density at radius 2 is 2.25 bits per heavy atom. The molecule has 0 spiro atoms. The highest BCUT2D eigenvalue weighted by molar-refractivity contribution is 5.94. The van der Waals surface area contributed by atoms with Gasteiger partial charge in [-0.1, -0.05) is 6.92 Å². The van der Waals surface area contributed by atoms with Gasteiger partial charge in [0.15, 0.2) is 0 Å². The van der Waals surface area contributed by atoms with Gasteiger partial charge in [-0.05, 0) is 43.0 Å². The van der Waals surface area contributed by atoms with Gasteiger partial charge in [0.1, 0.15) is 5.82 Å². The number of nitrogens with zero attached hydrogens (tertiary/aromatic N) is 1. The largest absolute Gasteiger partial charge is 0.338 e. The second-order valence-corrected chi connectivity index (χ2v) is 4.61. The molecule has 0 radical (unpaired) electrons. The molecule has 16 heavy (non-hydrogen) atoms. The first-order valence-corrected chi connectivity index (χ1v) is 5.63. The lowest BCUT2D eigenvalue weighted by Crippen LogP contribution is -2.28.